The molecule has 0 spiro atoms. The molecular weight excluding hydrogens is 597 g/mol. The van der Waals surface area contributed by atoms with Gasteiger partial charge in [0.25, 0.3) is 0 Å². The third kappa shape index (κ3) is 9.67. The summed E-state index contributed by atoms with van der Waals surface area (Å²) in [4.78, 5) is 27.1. The van der Waals surface area contributed by atoms with Crippen molar-refractivity contribution in [3.63, 3.8) is 0 Å². The summed E-state index contributed by atoms with van der Waals surface area (Å²) in [6.45, 7) is 3.12. The molecule has 3 heterocycles. The Hall–Kier alpha value is -2.65. The number of anilines is 1. The van der Waals surface area contributed by atoms with Crippen LogP contribution in [0.2, 0.25) is 5.02 Å². The average Bonchev–Trinajstić information content (AvgIpc) is 3.03. The van der Waals surface area contributed by atoms with Crippen molar-refractivity contribution in [3.05, 3.63) is 47.0 Å². The summed E-state index contributed by atoms with van der Waals surface area (Å²) in [5, 5.41) is 48.9. The minimum atomic E-state index is -1.68. The highest BCUT2D eigenvalue weighted by Crippen LogP contribution is 2.25. The number of hydrogen-bond acceptors (Lipinski definition) is 11. The molecular formula is C30H43ClFN5O7. The van der Waals surface area contributed by atoms with Gasteiger partial charge in [0.15, 0.2) is 11.6 Å². The first-order valence-corrected chi connectivity index (χ1v) is 15.5. The van der Waals surface area contributed by atoms with Gasteiger partial charge in [0.2, 0.25) is 11.9 Å². The van der Waals surface area contributed by atoms with E-state index < -0.39 is 36.8 Å². The van der Waals surface area contributed by atoms with E-state index in [2.05, 4.69) is 14.9 Å². The number of ether oxygens (including phenoxy) is 1. The molecule has 2 aliphatic heterocycles. The quantitative estimate of drug-likeness (QED) is 0.183. The van der Waals surface area contributed by atoms with E-state index in [4.69, 9.17) is 21.4 Å². The molecule has 244 valence electrons. The molecule has 12 nitrogen and oxygen atoms in total. The van der Waals surface area contributed by atoms with E-state index in [9.17, 15) is 29.6 Å². The number of piperazine rings is 1. The summed E-state index contributed by atoms with van der Waals surface area (Å²) < 4.78 is 20.4. The number of aromatic nitrogens is 2. The molecule has 2 saturated heterocycles. The van der Waals surface area contributed by atoms with Crippen LogP contribution in [0.3, 0.4) is 0 Å². The first kappa shape index (κ1) is 34.2. The van der Waals surface area contributed by atoms with Crippen LogP contribution in [0.1, 0.15) is 31.2 Å². The van der Waals surface area contributed by atoms with Crippen LogP contribution in [0.4, 0.5) is 10.3 Å². The van der Waals surface area contributed by atoms with Crippen LogP contribution in [0.5, 0.6) is 5.75 Å². The van der Waals surface area contributed by atoms with Gasteiger partial charge in [-0.3, -0.25) is 9.69 Å². The second-order valence-electron chi connectivity index (χ2n) is 11.5. The molecule has 1 aromatic carbocycles. The zero-order valence-corrected chi connectivity index (χ0v) is 25.5. The Morgan fingerprint density at radius 3 is 2.30 bits per heavy atom. The Kier molecular flexibility index (Phi) is 12.9. The highest BCUT2D eigenvalue weighted by atomic mass is 35.5. The number of amides is 1. The molecule has 2 fully saturated rings. The summed E-state index contributed by atoms with van der Waals surface area (Å²) in [6, 6.07) is 4.60. The number of aliphatic hydroxyl groups is 5. The first-order chi connectivity index (χ1) is 21.1. The zero-order valence-electron chi connectivity index (χ0n) is 24.7. The molecule has 4 rings (SSSR count). The van der Waals surface area contributed by atoms with Gasteiger partial charge in [-0.05, 0) is 49.3 Å². The van der Waals surface area contributed by atoms with Crippen molar-refractivity contribution in [1.29, 1.82) is 0 Å². The number of aliphatic hydroxyl groups excluding tert-OH is 5. The van der Waals surface area contributed by atoms with E-state index in [1.54, 1.807) is 29.4 Å². The maximum atomic E-state index is 14.7. The van der Waals surface area contributed by atoms with Gasteiger partial charge in [0.05, 0.1) is 43.2 Å². The number of halogens is 2. The third-order valence-corrected chi connectivity index (χ3v) is 8.56. The lowest BCUT2D eigenvalue weighted by atomic mass is 9.92. The number of benzene rings is 1. The molecule has 44 heavy (non-hydrogen) atoms. The molecule has 0 radical (unpaired) electrons. The van der Waals surface area contributed by atoms with Crippen molar-refractivity contribution in [3.8, 4) is 5.75 Å². The van der Waals surface area contributed by atoms with E-state index in [0.717, 1.165) is 38.8 Å². The predicted molar refractivity (Wildman–Crippen MR) is 161 cm³/mol. The lowest BCUT2D eigenvalue weighted by molar-refractivity contribution is -0.134. The van der Waals surface area contributed by atoms with Gasteiger partial charge in [-0.1, -0.05) is 17.7 Å². The van der Waals surface area contributed by atoms with Crippen LogP contribution in [0, 0.1) is 11.7 Å². The number of carbonyl (C=O) groups excluding carboxylic acids is 1. The number of nitrogens with zero attached hydrogens (tertiary/aromatic N) is 5. The monoisotopic (exact) mass is 639 g/mol. The Bertz CT molecular complexity index is 1180. The van der Waals surface area contributed by atoms with Crippen molar-refractivity contribution in [1.82, 2.24) is 19.8 Å². The summed E-state index contributed by atoms with van der Waals surface area (Å²) in [5.74, 6) is 0.786. The van der Waals surface area contributed by atoms with Gasteiger partial charge < -0.3 is 40.1 Å². The Labute approximate surface area is 261 Å². The molecule has 2 aromatic rings. The minimum Gasteiger partial charge on any atom is -0.491 e. The van der Waals surface area contributed by atoms with Gasteiger partial charge in [-0.2, -0.15) is 0 Å². The smallest absolute Gasteiger partial charge is 0.227 e. The average molecular weight is 640 g/mol. The molecule has 1 aromatic heterocycles. The summed E-state index contributed by atoms with van der Waals surface area (Å²) >= 11 is 5.87. The highest BCUT2D eigenvalue weighted by Gasteiger charge is 2.32. The number of piperidine rings is 1. The van der Waals surface area contributed by atoms with Crippen molar-refractivity contribution >= 4 is 23.5 Å². The molecule has 2 aliphatic rings. The molecule has 1 amide bonds. The van der Waals surface area contributed by atoms with Crippen LogP contribution in [-0.2, 0) is 11.2 Å². The van der Waals surface area contributed by atoms with Gasteiger partial charge in [-0.25, -0.2) is 14.4 Å². The van der Waals surface area contributed by atoms with Crippen LogP contribution >= 0.6 is 11.6 Å². The topological polar surface area (TPSA) is 163 Å². The van der Waals surface area contributed by atoms with E-state index in [1.807, 2.05) is 4.90 Å². The normalized spacial score (nSPS) is 19.4. The minimum absolute atomic E-state index is 0.0318. The lowest BCUT2D eigenvalue weighted by Crippen LogP contribution is -2.54. The van der Waals surface area contributed by atoms with E-state index in [0.29, 0.717) is 55.2 Å². The van der Waals surface area contributed by atoms with E-state index in [-0.39, 0.29) is 24.6 Å². The van der Waals surface area contributed by atoms with Gasteiger partial charge >= 0.3 is 0 Å². The lowest BCUT2D eigenvalue weighted by Gasteiger charge is -2.37. The van der Waals surface area contributed by atoms with Crippen LogP contribution in [0.15, 0.2) is 30.6 Å². The van der Waals surface area contributed by atoms with Crippen molar-refractivity contribution < 1.29 is 39.5 Å². The zero-order chi connectivity index (χ0) is 31.6. The Balaban J connectivity index is 1.12. The van der Waals surface area contributed by atoms with Crippen LogP contribution < -0.4 is 9.64 Å². The molecule has 4 atom stereocenters. The first-order valence-electron chi connectivity index (χ1n) is 15.1. The fourth-order valence-electron chi connectivity index (χ4n) is 5.62. The van der Waals surface area contributed by atoms with Crippen LogP contribution in [-0.4, -0.2) is 135 Å². The SMILES string of the molecule is O=C(Cc1ccc(OCCCC2CCN(c3ncc(Cl)cn3)CC2)c(F)c1)N1CCN(C[C@H](O)[C@@H](O)[C@H](O)[C@H](O)CO)CC1. The molecule has 0 bridgehead atoms. The van der Waals surface area contributed by atoms with Gasteiger partial charge in [0.1, 0.15) is 18.3 Å². The number of hydrogen-bond donors (Lipinski definition) is 5. The van der Waals surface area contributed by atoms with E-state index >= 15 is 0 Å². The Morgan fingerprint density at radius 2 is 1.66 bits per heavy atom. The Morgan fingerprint density at radius 1 is 1.00 bits per heavy atom. The fraction of sp³-hybridized carbons (Fsp3) is 0.633. The molecule has 0 saturated carbocycles. The molecule has 5 N–H and O–H groups in total. The maximum Gasteiger partial charge on any atom is 0.227 e. The molecule has 0 unspecified atom stereocenters. The fourth-order valence-corrected chi connectivity index (χ4v) is 5.72. The summed E-state index contributed by atoms with van der Waals surface area (Å²) in [6.07, 6.45) is 0.921. The third-order valence-electron chi connectivity index (χ3n) is 8.37. The predicted octanol–water partition coefficient (Wildman–Crippen LogP) is 0.467. The molecule has 14 heteroatoms. The van der Waals surface area contributed by atoms with Crippen LogP contribution in [0.25, 0.3) is 0 Å². The van der Waals surface area contributed by atoms with Gasteiger partial charge in [0, 0.05) is 45.8 Å². The highest BCUT2D eigenvalue weighted by molar-refractivity contribution is 6.30. The van der Waals surface area contributed by atoms with Crippen molar-refractivity contribution in [2.45, 2.75) is 56.5 Å². The van der Waals surface area contributed by atoms with Gasteiger partial charge in [-0.15, -0.1) is 0 Å². The molecule has 0 aliphatic carbocycles. The van der Waals surface area contributed by atoms with Crippen molar-refractivity contribution in [2.75, 3.05) is 63.9 Å². The summed E-state index contributed by atoms with van der Waals surface area (Å²) in [5.41, 5.74) is 0.550. The second kappa shape index (κ2) is 16.6. The second-order valence-corrected chi connectivity index (χ2v) is 12.0. The number of carbonyl (C=O) groups is 1. The maximum absolute atomic E-state index is 14.7. The number of β-amino-alcohol motifs (C(OH)–C–C–N with tert-alkyl or cyclic N) is 1. The van der Waals surface area contributed by atoms with E-state index in [1.165, 1.54) is 6.07 Å². The number of rotatable bonds is 14. The van der Waals surface area contributed by atoms with Crippen molar-refractivity contribution in [2.24, 2.45) is 5.92 Å². The largest absolute Gasteiger partial charge is 0.491 e. The standard InChI is InChI=1S/C30H43ClFN5O7/c31-22-16-33-30(34-17-22)37-7-5-20(6-8-37)2-1-13-44-26-4-3-21(14-23(26)32)15-27(41)36-11-9-35(10-12-36)18-24(39)28(42)29(43)25(40)19-38/h3-4,14,16-17,20,24-25,28-29,38-40,42-43H,1-2,5-13,15,18-19H2/t24-,25+,28+,29+/m0/s1. The summed E-state index contributed by atoms with van der Waals surface area (Å²) in [7, 11) is 0.